The van der Waals surface area contributed by atoms with E-state index in [4.69, 9.17) is 9.47 Å². The van der Waals surface area contributed by atoms with E-state index < -0.39 is 23.2 Å². The second-order valence-electron chi connectivity index (χ2n) is 6.61. The lowest BCUT2D eigenvalue weighted by Crippen LogP contribution is -2.60. The van der Waals surface area contributed by atoms with Crippen LogP contribution in [-0.4, -0.2) is 53.0 Å². The van der Waals surface area contributed by atoms with E-state index in [0.29, 0.717) is 13.0 Å². The van der Waals surface area contributed by atoms with Crippen LogP contribution in [0.5, 0.6) is 0 Å². The minimum Gasteiger partial charge on any atom is -0.479 e. The Hall–Kier alpha value is -1.30. The molecule has 0 bridgehead atoms. The van der Waals surface area contributed by atoms with Crippen molar-refractivity contribution in [2.45, 2.75) is 70.6 Å². The van der Waals surface area contributed by atoms with Crippen LogP contribution in [0.4, 0.5) is 4.79 Å². The van der Waals surface area contributed by atoms with Gasteiger partial charge in [-0.25, -0.2) is 9.59 Å². The first-order chi connectivity index (χ1) is 9.62. The minimum absolute atomic E-state index is 0.135. The summed E-state index contributed by atoms with van der Waals surface area (Å²) in [7, 11) is 1.50. The highest BCUT2D eigenvalue weighted by Gasteiger charge is 2.49. The van der Waals surface area contributed by atoms with Gasteiger partial charge in [0.2, 0.25) is 0 Å². The number of carbonyl (C=O) groups is 2. The molecule has 1 aliphatic heterocycles. The predicted octanol–water partition coefficient (Wildman–Crippen LogP) is 2.66. The summed E-state index contributed by atoms with van der Waals surface area (Å²) in [5, 5.41) is 9.69. The number of ether oxygens (including phenoxy) is 2. The molecule has 2 atom stereocenters. The van der Waals surface area contributed by atoms with E-state index in [1.807, 2.05) is 6.92 Å². The lowest BCUT2D eigenvalue weighted by Gasteiger charge is -2.43. The van der Waals surface area contributed by atoms with Gasteiger partial charge < -0.3 is 14.6 Å². The third kappa shape index (κ3) is 4.33. The smallest absolute Gasteiger partial charge is 0.410 e. The van der Waals surface area contributed by atoms with Crippen molar-refractivity contribution in [1.29, 1.82) is 0 Å². The fourth-order valence-corrected chi connectivity index (χ4v) is 2.59. The second-order valence-corrected chi connectivity index (χ2v) is 6.61. The maximum atomic E-state index is 12.2. The summed E-state index contributed by atoms with van der Waals surface area (Å²) < 4.78 is 10.9. The van der Waals surface area contributed by atoms with Gasteiger partial charge in [0.05, 0.1) is 6.10 Å². The van der Waals surface area contributed by atoms with Crippen molar-refractivity contribution in [3.05, 3.63) is 0 Å². The van der Waals surface area contributed by atoms with E-state index >= 15 is 0 Å². The van der Waals surface area contributed by atoms with Crippen LogP contribution in [0.15, 0.2) is 0 Å². The van der Waals surface area contributed by atoms with Crippen molar-refractivity contribution in [3.63, 3.8) is 0 Å². The highest BCUT2D eigenvalue weighted by Crippen LogP contribution is 2.33. The Labute approximate surface area is 126 Å². The van der Waals surface area contributed by atoms with Gasteiger partial charge in [-0.15, -0.1) is 0 Å². The molecule has 1 N–H and O–H groups in total. The number of carboxylic acids is 1. The van der Waals surface area contributed by atoms with Crippen LogP contribution in [0.2, 0.25) is 0 Å². The summed E-state index contributed by atoms with van der Waals surface area (Å²) in [4.78, 5) is 25.3. The molecule has 21 heavy (non-hydrogen) atoms. The van der Waals surface area contributed by atoms with Gasteiger partial charge in [0.25, 0.3) is 0 Å². The summed E-state index contributed by atoms with van der Waals surface area (Å²) in [5.41, 5.74) is -1.90. The molecule has 1 saturated heterocycles. The third-order valence-corrected chi connectivity index (χ3v) is 3.75. The van der Waals surface area contributed by atoms with E-state index in [2.05, 4.69) is 0 Å². The van der Waals surface area contributed by atoms with E-state index in [-0.39, 0.29) is 12.5 Å². The monoisotopic (exact) mass is 301 g/mol. The Balaban J connectivity index is 2.94. The molecule has 0 aromatic carbocycles. The summed E-state index contributed by atoms with van der Waals surface area (Å²) in [5.74, 6) is -1.000. The van der Waals surface area contributed by atoms with Crippen LogP contribution in [0, 0.1) is 0 Å². The molecule has 1 rings (SSSR count). The normalized spacial score (nSPS) is 26.2. The fourth-order valence-electron chi connectivity index (χ4n) is 2.59. The molecule has 1 fully saturated rings. The number of carbonyl (C=O) groups excluding carboxylic acids is 1. The van der Waals surface area contributed by atoms with Gasteiger partial charge in [-0.2, -0.15) is 0 Å². The number of amides is 1. The van der Waals surface area contributed by atoms with Crippen molar-refractivity contribution in [2.75, 3.05) is 13.7 Å². The molecule has 0 radical (unpaired) electrons. The molecule has 0 aliphatic carbocycles. The van der Waals surface area contributed by atoms with Crippen LogP contribution in [-0.2, 0) is 14.3 Å². The Morgan fingerprint density at radius 2 is 2.05 bits per heavy atom. The summed E-state index contributed by atoms with van der Waals surface area (Å²) in [6.07, 6.45) is 1.53. The number of rotatable bonds is 4. The Morgan fingerprint density at radius 3 is 2.52 bits per heavy atom. The van der Waals surface area contributed by atoms with Gasteiger partial charge in [0.1, 0.15) is 11.1 Å². The highest BCUT2D eigenvalue weighted by atomic mass is 16.6. The van der Waals surface area contributed by atoms with Gasteiger partial charge in [-0.05, 0) is 27.2 Å². The van der Waals surface area contributed by atoms with Crippen molar-refractivity contribution in [2.24, 2.45) is 0 Å². The standard InChI is InChI=1S/C15H27NO5/c1-6-7-11-10-15(12(17)18,8-9-20-11)16(5)13(19)21-14(2,3)4/h11H,6-10H2,1-5H3,(H,17,18). The van der Waals surface area contributed by atoms with E-state index in [9.17, 15) is 14.7 Å². The van der Waals surface area contributed by atoms with E-state index in [1.54, 1.807) is 20.8 Å². The minimum atomic E-state index is -1.25. The van der Waals surface area contributed by atoms with E-state index in [1.165, 1.54) is 11.9 Å². The quantitative estimate of drug-likeness (QED) is 0.864. The molecular weight excluding hydrogens is 274 g/mol. The largest absolute Gasteiger partial charge is 0.479 e. The molecule has 122 valence electrons. The molecule has 1 amide bonds. The number of hydrogen-bond donors (Lipinski definition) is 1. The Kier molecular flexibility index (Phi) is 5.61. The van der Waals surface area contributed by atoms with E-state index in [0.717, 1.165) is 12.8 Å². The van der Waals surface area contributed by atoms with Crippen LogP contribution >= 0.6 is 0 Å². The molecule has 0 spiro atoms. The molecule has 2 unspecified atom stereocenters. The number of carboxylic acid groups (broad SMARTS) is 1. The maximum Gasteiger partial charge on any atom is 0.410 e. The van der Waals surface area contributed by atoms with Crippen molar-refractivity contribution < 1.29 is 24.2 Å². The number of aliphatic carboxylic acids is 1. The first kappa shape index (κ1) is 17.8. The topological polar surface area (TPSA) is 76.1 Å². The maximum absolute atomic E-state index is 12.2. The average molecular weight is 301 g/mol. The first-order valence-corrected chi connectivity index (χ1v) is 7.44. The van der Waals surface area contributed by atoms with Gasteiger partial charge >= 0.3 is 12.1 Å². The van der Waals surface area contributed by atoms with Crippen LogP contribution in [0.25, 0.3) is 0 Å². The molecule has 6 nitrogen and oxygen atoms in total. The van der Waals surface area contributed by atoms with Crippen molar-refractivity contribution >= 4 is 12.1 Å². The van der Waals surface area contributed by atoms with Crippen LogP contribution < -0.4 is 0 Å². The summed E-state index contributed by atoms with van der Waals surface area (Å²) >= 11 is 0. The highest BCUT2D eigenvalue weighted by molar-refractivity contribution is 5.84. The van der Waals surface area contributed by atoms with Gasteiger partial charge in [-0.3, -0.25) is 4.90 Å². The molecular formula is C15H27NO5. The third-order valence-electron chi connectivity index (χ3n) is 3.75. The number of hydrogen-bond acceptors (Lipinski definition) is 4. The average Bonchev–Trinajstić information content (AvgIpc) is 2.36. The molecule has 1 heterocycles. The predicted molar refractivity (Wildman–Crippen MR) is 78.2 cm³/mol. The first-order valence-electron chi connectivity index (χ1n) is 7.44. The number of nitrogens with zero attached hydrogens (tertiary/aromatic N) is 1. The fraction of sp³-hybridized carbons (Fsp3) is 0.867. The van der Waals surface area contributed by atoms with Crippen molar-refractivity contribution in [1.82, 2.24) is 4.90 Å². The van der Waals surface area contributed by atoms with Gasteiger partial charge in [-0.1, -0.05) is 13.3 Å². The lowest BCUT2D eigenvalue weighted by atomic mass is 9.84. The SMILES string of the molecule is CCCC1CC(C(=O)O)(N(C)C(=O)OC(C)(C)C)CCO1. The molecule has 0 saturated carbocycles. The Morgan fingerprint density at radius 1 is 1.43 bits per heavy atom. The summed E-state index contributed by atoms with van der Waals surface area (Å²) in [6.45, 7) is 7.64. The van der Waals surface area contributed by atoms with Gasteiger partial charge in [0.15, 0.2) is 0 Å². The van der Waals surface area contributed by atoms with Crippen molar-refractivity contribution in [3.8, 4) is 0 Å². The molecule has 0 aromatic heterocycles. The van der Waals surface area contributed by atoms with Crippen LogP contribution in [0.1, 0.15) is 53.4 Å². The zero-order chi connectivity index (χ0) is 16.3. The molecule has 6 heteroatoms. The van der Waals surface area contributed by atoms with Crippen LogP contribution in [0.3, 0.4) is 0 Å². The zero-order valence-corrected chi connectivity index (χ0v) is 13.6. The Bertz CT molecular complexity index is 388. The summed E-state index contributed by atoms with van der Waals surface area (Å²) in [6, 6.07) is 0. The van der Waals surface area contributed by atoms with Gasteiger partial charge in [0, 0.05) is 26.5 Å². The number of likely N-dealkylation sites (N-methyl/N-ethyl adjacent to an activating group) is 1. The second kappa shape index (κ2) is 6.64. The zero-order valence-electron chi connectivity index (χ0n) is 13.6. The lowest BCUT2D eigenvalue weighted by molar-refractivity contribution is -0.161. The molecule has 0 aromatic rings. The molecule has 1 aliphatic rings.